The summed E-state index contributed by atoms with van der Waals surface area (Å²) in [6, 6.07) is 4.98. The van der Waals surface area contributed by atoms with Gasteiger partial charge < -0.3 is 15.4 Å². The number of ether oxygens (including phenoxy) is 1. The SMILES string of the molecule is CC1(C)COCCN1c1ccc(C(N)=S)c(F)c1. The van der Waals surface area contributed by atoms with Gasteiger partial charge in [-0.25, -0.2) is 4.39 Å². The number of morpholine rings is 1. The minimum Gasteiger partial charge on any atom is -0.389 e. The molecule has 0 amide bonds. The van der Waals surface area contributed by atoms with Crippen LogP contribution >= 0.6 is 12.2 Å². The monoisotopic (exact) mass is 268 g/mol. The van der Waals surface area contributed by atoms with Gasteiger partial charge in [-0.3, -0.25) is 0 Å². The maximum atomic E-state index is 13.9. The largest absolute Gasteiger partial charge is 0.389 e. The third kappa shape index (κ3) is 2.47. The van der Waals surface area contributed by atoms with E-state index in [1.807, 2.05) is 6.07 Å². The van der Waals surface area contributed by atoms with Crippen molar-refractivity contribution in [3.05, 3.63) is 29.6 Å². The predicted molar refractivity (Wildman–Crippen MR) is 74.5 cm³/mol. The lowest BCUT2D eigenvalue weighted by Gasteiger charge is -2.43. The van der Waals surface area contributed by atoms with Crippen LogP contribution in [-0.4, -0.2) is 30.3 Å². The Labute approximate surface area is 112 Å². The predicted octanol–water partition coefficient (Wildman–Crippen LogP) is 2.08. The van der Waals surface area contributed by atoms with E-state index in [0.717, 1.165) is 12.2 Å². The second-order valence-electron chi connectivity index (χ2n) is 5.05. The lowest BCUT2D eigenvalue weighted by atomic mass is 10.0. The molecule has 0 unspecified atom stereocenters. The van der Waals surface area contributed by atoms with Gasteiger partial charge in [0.25, 0.3) is 0 Å². The van der Waals surface area contributed by atoms with Crippen molar-refractivity contribution in [2.45, 2.75) is 19.4 Å². The van der Waals surface area contributed by atoms with E-state index in [2.05, 4.69) is 18.7 Å². The summed E-state index contributed by atoms with van der Waals surface area (Å²) in [7, 11) is 0. The van der Waals surface area contributed by atoms with Crippen LogP contribution in [0.15, 0.2) is 18.2 Å². The van der Waals surface area contributed by atoms with Crippen LogP contribution in [0.3, 0.4) is 0 Å². The number of nitrogens with two attached hydrogens (primary N) is 1. The van der Waals surface area contributed by atoms with Gasteiger partial charge in [-0.1, -0.05) is 12.2 Å². The summed E-state index contributed by atoms with van der Waals surface area (Å²) in [4.78, 5) is 2.23. The highest BCUT2D eigenvalue weighted by atomic mass is 32.1. The van der Waals surface area contributed by atoms with Crippen molar-refractivity contribution in [3.63, 3.8) is 0 Å². The first-order valence-corrected chi connectivity index (χ1v) is 6.27. The van der Waals surface area contributed by atoms with E-state index in [1.165, 1.54) is 6.07 Å². The maximum Gasteiger partial charge on any atom is 0.135 e. The van der Waals surface area contributed by atoms with Crippen molar-refractivity contribution in [3.8, 4) is 0 Å². The van der Waals surface area contributed by atoms with E-state index < -0.39 is 0 Å². The lowest BCUT2D eigenvalue weighted by molar-refractivity contribution is 0.0644. The molecule has 1 aliphatic rings. The average Bonchev–Trinajstić information content (AvgIpc) is 2.27. The quantitative estimate of drug-likeness (QED) is 0.833. The van der Waals surface area contributed by atoms with Crippen LogP contribution in [0.2, 0.25) is 0 Å². The molecule has 0 aromatic heterocycles. The van der Waals surface area contributed by atoms with Gasteiger partial charge >= 0.3 is 0 Å². The van der Waals surface area contributed by atoms with Crippen molar-refractivity contribution < 1.29 is 9.13 Å². The molecule has 1 heterocycles. The van der Waals surface area contributed by atoms with Gasteiger partial charge in [-0.05, 0) is 32.0 Å². The Morgan fingerprint density at radius 3 is 2.78 bits per heavy atom. The second-order valence-corrected chi connectivity index (χ2v) is 5.48. The van der Waals surface area contributed by atoms with Gasteiger partial charge in [0.05, 0.1) is 18.8 Å². The number of rotatable bonds is 2. The van der Waals surface area contributed by atoms with Crippen LogP contribution < -0.4 is 10.6 Å². The van der Waals surface area contributed by atoms with E-state index in [-0.39, 0.29) is 16.3 Å². The van der Waals surface area contributed by atoms with Crippen molar-refractivity contribution in [1.82, 2.24) is 0 Å². The van der Waals surface area contributed by atoms with E-state index in [9.17, 15) is 4.39 Å². The van der Waals surface area contributed by atoms with Gasteiger partial charge in [-0.2, -0.15) is 0 Å². The molecule has 1 saturated heterocycles. The summed E-state index contributed by atoms with van der Waals surface area (Å²) in [5, 5.41) is 0. The topological polar surface area (TPSA) is 38.5 Å². The highest BCUT2D eigenvalue weighted by Crippen LogP contribution is 2.28. The van der Waals surface area contributed by atoms with Crippen LogP contribution in [0, 0.1) is 5.82 Å². The average molecular weight is 268 g/mol. The molecular formula is C13H17FN2OS. The fraction of sp³-hybridized carbons (Fsp3) is 0.462. The molecule has 2 N–H and O–H groups in total. The first kappa shape index (κ1) is 13.2. The van der Waals surface area contributed by atoms with Crippen LogP contribution in [0.5, 0.6) is 0 Å². The minimum absolute atomic E-state index is 0.0836. The summed E-state index contributed by atoms with van der Waals surface area (Å²) >= 11 is 4.80. The fourth-order valence-electron chi connectivity index (χ4n) is 2.21. The molecule has 1 aliphatic heterocycles. The molecule has 0 bridgehead atoms. The number of benzene rings is 1. The molecule has 3 nitrogen and oxygen atoms in total. The summed E-state index contributed by atoms with van der Waals surface area (Å²) in [6.45, 7) is 6.18. The normalized spacial score (nSPS) is 18.7. The first-order valence-electron chi connectivity index (χ1n) is 5.86. The van der Waals surface area contributed by atoms with Gasteiger partial charge in [0, 0.05) is 17.8 Å². The summed E-state index contributed by atoms with van der Waals surface area (Å²) in [6.07, 6.45) is 0. The zero-order chi connectivity index (χ0) is 13.3. The molecule has 2 rings (SSSR count). The van der Waals surface area contributed by atoms with E-state index in [1.54, 1.807) is 6.07 Å². The Balaban J connectivity index is 2.34. The molecule has 0 spiro atoms. The van der Waals surface area contributed by atoms with Crippen LogP contribution in [0.4, 0.5) is 10.1 Å². The highest BCUT2D eigenvalue weighted by Gasteiger charge is 2.31. The molecule has 0 saturated carbocycles. The maximum absolute atomic E-state index is 13.9. The molecule has 1 aromatic rings. The van der Waals surface area contributed by atoms with Crippen LogP contribution in [0.1, 0.15) is 19.4 Å². The van der Waals surface area contributed by atoms with Gasteiger partial charge in [-0.15, -0.1) is 0 Å². The van der Waals surface area contributed by atoms with Crippen molar-refractivity contribution >= 4 is 22.9 Å². The molecule has 0 aliphatic carbocycles. The third-order valence-electron chi connectivity index (χ3n) is 3.18. The molecule has 98 valence electrons. The molecular weight excluding hydrogens is 251 g/mol. The van der Waals surface area contributed by atoms with Gasteiger partial charge in [0.2, 0.25) is 0 Å². The molecule has 1 aromatic carbocycles. The Morgan fingerprint density at radius 2 is 2.22 bits per heavy atom. The lowest BCUT2D eigenvalue weighted by Crippen LogP contribution is -2.53. The number of nitrogens with zero attached hydrogens (tertiary/aromatic N) is 1. The number of hydrogen-bond donors (Lipinski definition) is 1. The van der Waals surface area contributed by atoms with Crippen LogP contribution in [-0.2, 0) is 4.74 Å². The molecule has 1 fully saturated rings. The van der Waals surface area contributed by atoms with E-state index in [4.69, 9.17) is 22.7 Å². The molecule has 5 heteroatoms. The zero-order valence-corrected chi connectivity index (χ0v) is 11.4. The first-order chi connectivity index (χ1) is 8.42. The van der Waals surface area contributed by atoms with Gasteiger partial charge in [0.1, 0.15) is 10.8 Å². The van der Waals surface area contributed by atoms with Crippen LogP contribution in [0.25, 0.3) is 0 Å². The summed E-state index contributed by atoms with van der Waals surface area (Å²) < 4.78 is 19.3. The minimum atomic E-state index is -0.373. The Bertz CT molecular complexity index is 476. The molecule has 0 radical (unpaired) electrons. The standard InChI is InChI=1S/C13H17FN2OS/c1-13(2)8-17-6-5-16(13)9-3-4-10(12(15)18)11(14)7-9/h3-4,7H,5-6,8H2,1-2H3,(H2,15,18). The van der Waals surface area contributed by atoms with Gasteiger partial charge in [0.15, 0.2) is 0 Å². The summed E-state index contributed by atoms with van der Waals surface area (Å²) in [5.41, 5.74) is 6.44. The number of hydrogen-bond acceptors (Lipinski definition) is 3. The number of anilines is 1. The van der Waals surface area contributed by atoms with E-state index in [0.29, 0.717) is 18.8 Å². The van der Waals surface area contributed by atoms with Crippen molar-refractivity contribution in [2.75, 3.05) is 24.7 Å². The zero-order valence-electron chi connectivity index (χ0n) is 10.6. The Hall–Kier alpha value is -1.20. The third-order valence-corrected chi connectivity index (χ3v) is 3.39. The van der Waals surface area contributed by atoms with E-state index >= 15 is 0 Å². The fourth-order valence-corrected chi connectivity index (χ4v) is 2.37. The smallest absolute Gasteiger partial charge is 0.135 e. The number of thiocarbonyl (C=S) groups is 1. The number of halogens is 1. The molecule has 18 heavy (non-hydrogen) atoms. The van der Waals surface area contributed by atoms with Crippen molar-refractivity contribution in [2.24, 2.45) is 5.73 Å². The Morgan fingerprint density at radius 1 is 1.50 bits per heavy atom. The summed E-state index contributed by atoms with van der Waals surface area (Å²) in [5.74, 6) is -0.373. The second kappa shape index (κ2) is 4.82. The Kier molecular flexibility index (Phi) is 3.54. The highest BCUT2D eigenvalue weighted by molar-refractivity contribution is 7.80. The molecule has 0 atom stereocenters. The van der Waals surface area contributed by atoms with Crippen molar-refractivity contribution in [1.29, 1.82) is 0 Å².